The molecule has 5 heteroatoms. The number of carbonyl (C=O) groups is 1. The minimum absolute atomic E-state index is 0.232. The Labute approximate surface area is 115 Å². The Hall–Kier alpha value is -2.82. The van der Waals surface area contributed by atoms with Crippen molar-refractivity contribution >= 4 is 22.4 Å². The molecule has 1 amide bonds. The first-order chi connectivity index (χ1) is 9.74. The topological polar surface area (TPSA) is 81.2 Å². The Morgan fingerprint density at radius 3 is 2.65 bits per heavy atom. The van der Waals surface area contributed by atoms with Gasteiger partial charge in [0.1, 0.15) is 0 Å². The van der Waals surface area contributed by atoms with Crippen molar-refractivity contribution in [3.05, 3.63) is 60.0 Å². The maximum atomic E-state index is 12.2. The molecule has 0 saturated carbocycles. The summed E-state index contributed by atoms with van der Waals surface area (Å²) in [5.41, 5.74) is 6.86. The van der Waals surface area contributed by atoms with Crippen LogP contribution in [0, 0.1) is 0 Å². The molecule has 0 aliphatic heterocycles. The van der Waals surface area contributed by atoms with Crippen molar-refractivity contribution in [3.63, 3.8) is 0 Å². The van der Waals surface area contributed by atoms with Gasteiger partial charge in [0, 0.05) is 11.8 Å². The summed E-state index contributed by atoms with van der Waals surface area (Å²) in [6.07, 6.45) is 1.53. The molecule has 20 heavy (non-hydrogen) atoms. The zero-order chi connectivity index (χ0) is 13.9. The molecular formula is C15H13N3O2. The van der Waals surface area contributed by atoms with Gasteiger partial charge in [-0.15, -0.1) is 0 Å². The van der Waals surface area contributed by atoms with Crippen LogP contribution in [0.2, 0.25) is 0 Å². The normalized spacial score (nSPS) is 10.6. The summed E-state index contributed by atoms with van der Waals surface area (Å²) in [6.45, 7) is 0.283. The van der Waals surface area contributed by atoms with Crippen LogP contribution >= 0.6 is 0 Å². The number of amides is 1. The van der Waals surface area contributed by atoms with E-state index < -0.39 is 0 Å². The van der Waals surface area contributed by atoms with Crippen molar-refractivity contribution in [2.24, 2.45) is 0 Å². The number of nitrogen functional groups attached to an aromatic ring is 1. The predicted octanol–water partition coefficient (Wildman–Crippen LogP) is 2.34. The van der Waals surface area contributed by atoms with Crippen LogP contribution in [0.4, 0.5) is 5.69 Å². The van der Waals surface area contributed by atoms with Gasteiger partial charge < -0.3 is 15.6 Å². The average Bonchev–Trinajstić information content (AvgIpc) is 2.97. The van der Waals surface area contributed by atoms with Crippen molar-refractivity contribution in [1.82, 2.24) is 10.5 Å². The Balaban J connectivity index is 1.85. The zero-order valence-corrected chi connectivity index (χ0v) is 10.7. The highest BCUT2D eigenvalue weighted by Gasteiger charge is 2.11. The molecule has 0 saturated heterocycles. The lowest BCUT2D eigenvalue weighted by Gasteiger charge is -2.08. The van der Waals surface area contributed by atoms with Crippen LogP contribution in [-0.2, 0) is 6.54 Å². The third-order valence-electron chi connectivity index (χ3n) is 3.08. The lowest BCUT2D eigenvalue weighted by Crippen LogP contribution is -2.23. The summed E-state index contributed by atoms with van der Waals surface area (Å²) < 4.78 is 4.92. The fraction of sp³-hybridized carbons (Fsp3) is 0.0667. The van der Waals surface area contributed by atoms with E-state index in [1.54, 1.807) is 18.2 Å². The lowest BCUT2D eigenvalue weighted by molar-refractivity contribution is 0.0948. The van der Waals surface area contributed by atoms with Crippen molar-refractivity contribution in [2.75, 3.05) is 5.73 Å². The molecule has 0 aliphatic carbocycles. The number of hydrogen-bond acceptors (Lipinski definition) is 4. The van der Waals surface area contributed by atoms with Crippen LogP contribution < -0.4 is 11.1 Å². The molecule has 0 aliphatic rings. The summed E-state index contributed by atoms with van der Waals surface area (Å²) in [5, 5.41) is 8.32. The van der Waals surface area contributed by atoms with Crippen molar-refractivity contribution in [1.29, 1.82) is 0 Å². The van der Waals surface area contributed by atoms with E-state index in [1.807, 2.05) is 24.3 Å². The molecule has 0 radical (unpaired) electrons. The molecule has 3 rings (SSSR count). The van der Waals surface area contributed by atoms with Gasteiger partial charge in [-0.1, -0.05) is 29.4 Å². The van der Waals surface area contributed by atoms with Gasteiger partial charge in [-0.3, -0.25) is 4.79 Å². The molecule has 3 N–H and O–H groups in total. The Morgan fingerprint density at radius 1 is 1.20 bits per heavy atom. The van der Waals surface area contributed by atoms with Gasteiger partial charge in [0.2, 0.25) is 0 Å². The number of rotatable bonds is 3. The smallest absolute Gasteiger partial charge is 0.253 e. The average molecular weight is 267 g/mol. The highest BCUT2D eigenvalue weighted by Crippen LogP contribution is 2.21. The molecule has 1 aromatic heterocycles. The fourth-order valence-corrected chi connectivity index (χ4v) is 2.05. The van der Waals surface area contributed by atoms with E-state index in [-0.39, 0.29) is 12.5 Å². The maximum Gasteiger partial charge on any atom is 0.253 e. The van der Waals surface area contributed by atoms with Gasteiger partial charge in [0.15, 0.2) is 5.76 Å². The summed E-state index contributed by atoms with van der Waals surface area (Å²) in [6, 6.07) is 13.1. The summed E-state index contributed by atoms with van der Waals surface area (Å²) in [4.78, 5) is 12.2. The number of nitrogens with two attached hydrogens (primary N) is 1. The Morgan fingerprint density at radius 2 is 1.95 bits per heavy atom. The molecule has 0 spiro atoms. The van der Waals surface area contributed by atoms with E-state index in [1.165, 1.54) is 6.20 Å². The largest absolute Gasteiger partial charge is 0.398 e. The van der Waals surface area contributed by atoms with Gasteiger partial charge in [-0.2, -0.15) is 0 Å². The second-order valence-corrected chi connectivity index (χ2v) is 4.45. The van der Waals surface area contributed by atoms with E-state index in [2.05, 4.69) is 10.5 Å². The molecule has 0 unspecified atom stereocenters. The number of hydrogen-bond donors (Lipinski definition) is 2. The molecule has 2 aromatic carbocycles. The molecule has 1 heterocycles. The number of nitrogens with one attached hydrogen (secondary N) is 1. The van der Waals surface area contributed by atoms with Crippen LogP contribution in [0.1, 0.15) is 16.1 Å². The summed E-state index contributed by atoms with van der Waals surface area (Å²) in [7, 11) is 0. The predicted molar refractivity (Wildman–Crippen MR) is 76.0 cm³/mol. The SMILES string of the molecule is Nc1cc2ccccc2cc1C(=O)NCc1ccno1. The van der Waals surface area contributed by atoms with Gasteiger partial charge >= 0.3 is 0 Å². The van der Waals surface area contributed by atoms with E-state index in [0.29, 0.717) is 17.0 Å². The highest BCUT2D eigenvalue weighted by atomic mass is 16.5. The van der Waals surface area contributed by atoms with Gasteiger partial charge in [0.05, 0.1) is 18.3 Å². The molecule has 0 bridgehead atoms. The lowest BCUT2D eigenvalue weighted by atomic mass is 10.0. The maximum absolute atomic E-state index is 12.2. The van der Waals surface area contributed by atoms with Crippen LogP contribution in [0.3, 0.4) is 0 Å². The second kappa shape index (κ2) is 5.05. The number of aromatic nitrogens is 1. The van der Waals surface area contributed by atoms with Gasteiger partial charge in [0.25, 0.3) is 5.91 Å². The molecule has 0 atom stereocenters. The second-order valence-electron chi connectivity index (χ2n) is 4.45. The van der Waals surface area contributed by atoms with Crippen molar-refractivity contribution in [2.45, 2.75) is 6.54 Å². The van der Waals surface area contributed by atoms with Gasteiger partial charge in [-0.05, 0) is 22.9 Å². The van der Waals surface area contributed by atoms with Crippen LogP contribution in [0.15, 0.2) is 53.2 Å². The van der Waals surface area contributed by atoms with E-state index in [9.17, 15) is 4.79 Å². The molecule has 5 nitrogen and oxygen atoms in total. The number of fused-ring (bicyclic) bond motifs is 1. The minimum atomic E-state index is -0.232. The quantitative estimate of drug-likeness (QED) is 0.714. The van der Waals surface area contributed by atoms with Gasteiger partial charge in [-0.25, -0.2) is 0 Å². The molecular weight excluding hydrogens is 254 g/mol. The minimum Gasteiger partial charge on any atom is -0.398 e. The first-order valence-corrected chi connectivity index (χ1v) is 6.20. The zero-order valence-electron chi connectivity index (χ0n) is 10.7. The summed E-state index contributed by atoms with van der Waals surface area (Å²) >= 11 is 0. The third-order valence-corrected chi connectivity index (χ3v) is 3.08. The molecule has 0 fully saturated rings. The Bertz CT molecular complexity index is 751. The number of nitrogens with zero attached hydrogens (tertiary/aromatic N) is 1. The van der Waals surface area contributed by atoms with Crippen LogP contribution in [-0.4, -0.2) is 11.1 Å². The van der Waals surface area contributed by atoms with Crippen LogP contribution in [0.25, 0.3) is 10.8 Å². The molecule has 100 valence electrons. The standard InChI is InChI=1S/C15H13N3O2/c16-14-8-11-4-2-1-3-10(11)7-13(14)15(19)17-9-12-5-6-18-20-12/h1-8H,9,16H2,(H,17,19). The third kappa shape index (κ3) is 2.33. The summed E-state index contributed by atoms with van der Waals surface area (Å²) in [5.74, 6) is 0.363. The highest BCUT2D eigenvalue weighted by molar-refractivity contribution is 6.03. The fourth-order valence-electron chi connectivity index (χ4n) is 2.05. The number of anilines is 1. The first-order valence-electron chi connectivity index (χ1n) is 6.20. The monoisotopic (exact) mass is 267 g/mol. The van der Waals surface area contributed by atoms with Crippen molar-refractivity contribution in [3.8, 4) is 0 Å². The van der Waals surface area contributed by atoms with E-state index in [4.69, 9.17) is 10.3 Å². The Kier molecular flexibility index (Phi) is 3.09. The number of benzene rings is 2. The van der Waals surface area contributed by atoms with Crippen LogP contribution in [0.5, 0.6) is 0 Å². The van der Waals surface area contributed by atoms with E-state index >= 15 is 0 Å². The van der Waals surface area contributed by atoms with Crippen molar-refractivity contribution < 1.29 is 9.32 Å². The number of carbonyl (C=O) groups excluding carboxylic acids is 1. The first kappa shape index (κ1) is 12.2. The molecule has 3 aromatic rings. The van der Waals surface area contributed by atoms with E-state index in [0.717, 1.165) is 10.8 Å².